The van der Waals surface area contributed by atoms with Crippen molar-refractivity contribution in [3.63, 3.8) is 0 Å². The maximum atomic E-state index is 12.3. The molecule has 25 heavy (non-hydrogen) atoms. The van der Waals surface area contributed by atoms with Crippen LogP contribution in [0.25, 0.3) is 10.7 Å². The number of benzene rings is 1. The van der Waals surface area contributed by atoms with E-state index >= 15 is 0 Å². The number of carbonyl (C=O) groups is 1. The first-order chi connectivity index (χ1) is 12.1. The highest BCUT2D eigenvalue weighted by atomic mass is 32.2. The number of thiophene rings is 1. The first-order valence-corrected chi connectivity index (χ1v) is 9.92. The van der Waals surface area contributed by atoms with Crippen molar-refractivity contribution >= 4 is 34.7 Å². The molecule has 0 aliphatic heterocycles. The highest BCUT2D eigenvalue weighted by molar-refractivity contribution is 7.99. The molecule has 0 saturated heterocycles. The summed E-state index contributed by atoms with van der Waals surface area (Å²) in [6.45, 7) is 6.82. The summed E-state index contributed by atoms with van der Waals surface area (Å²) in [5.74, 6) is 1.12. The Hall–Kier alpha value is -2.12. The van der Waals surface area contributed by atoms with E-state index in [-0.39, 0.29) is 5.91 Å². The van der Waals surface area contributed by atoms with Crippen LogP contribution in [0.1, 0.15) is 18.1 Å². The molecule has 130 valence electrons. The van der Waals surface area contributed by atoms with Crippen LogP contribution in [0.4, 0.5) is 5.69 Å². The minimum absolute atomic E-state index is 0.0364. The van der Waals surface area contributed by atoms with Crippen LogP contribution in [0.15, 0.2) is 40.9 Å². The van der Waals surface area contributed by atoms with Gasteiger partial charge in [0.1, 0.15) is 0 Å². The number of hydrogen-bond donors (Lipinski definition) is 1. The maximum absolute atomic E-state index is 12.3. The Labute approximate surface area is 155 Å². The lowest BCUT2D eigenvalue weighted by Gasteiger charge is -2.11. The summed E-state index contributed by atoms with van der Waals surface area (Å²) in [4.78, 5) is 13.4. The number of nitrogens with one attached hydrogen (secondary N) is 1. The van der Waals surface area contributed by atoms with E-state index in [4.69, 9.17) is 0 Å². The Morgan fingerprint density at radius 1 is 1.20 bits per heavy atom. The van der Waals surface area contributed by atoms with Crippen molar-refractivity contribution in [1.29, 1.82) is 0 Å². The van der Waals surface area contributed by atoms with Crippen LogP contribution in [-0.2, 0) is 11.3 Å². The van der Waals surface area contributed by atoms with Crippen LogP contribution >= 0.6 is 23.1 Å². The van der Waals surface area contributed by atoms with E-state index in [9.17, 15) is 4.79 Å². The van der Waals surface area contributed by atoms with Crippen LogP contribution in [0.5, 0.6) is 0 Å². The molecule has 1 aromatic carbocycles. The van der Waals surface area contributed by atoms with Gasteiger partial charge in [-0.3, -0.25) is 4.79 Å². The lowest BCUT2D eigenvalue weighted by atomic mass is 10.1. The standard InChI is InChI=1S/C18H20N4OS2/c1-4-22-17(14-9-6-10-24-14)20-21-18(22)25-11-15(23)19-16-12(2)7-5-8-13(16)3/h5-10H,4,11H2,1-3H3,(H,19,23). The SMILES string of the molecule is CCn1c(SCC(=O)Nc2c(C)cccc2C)nnc1-c1cccs1. The minimum atomic E-state index is -0.0364. The lowest BCUT2D eigenvalue weighted by Crippen LogP contribution is -2.16. The topological polar surface area (TPSA) is 59.8 Å². The summed E-state index contributed by atoms with van der Waals surface area (Å²) >= 11 is 3.05. The Morgan fingerprint density at radius 3 is 2.60 bits per heavy atom. The number of aromatic nitrogens is 3. The number of nitrogens with zero attached hydrogens (tertiary/aromatic N) is 3. The normalized spacial score (nSPS) is 10.8. The van der Waals surface area contributed by atoms with Gasteiger partial charge in [0.15, 0.2) is 11.0 Å². The minimum Gasteiger partial charge on any atom is -0.325 e. The number of thioether (sulfide) groups is 1. The molecule has 2 aromatic heterocycles. The van der Waals surface area contributed by atoms with Crippen molar-refractivity contribution in [1.82, 2.24) is 14.8 Å². The van der Waals surface area contributed by atoms with Gasteiger partial charge in [-0.05, 0) is 43.3 Å². The van der Waals surface area contributed by atoms with Gasteiger partial charge < -0.3 is 9.88 Å². The molecule has 2 heterocycles. The molecule has 0 aliphatic rings. The molecule has 0 unspecified atom stereocenters. The van der Waals surface area contributed by atoms with Crippen LogP contribution < -0.4 is 5.32 Å². The molecule has 1 N–H and O–H groups in total. The van der Waals surface area contributed by atoms with Gasteiger partial charge in [0.25, 0.3) is 0 Å². The smallest absolute Gasteiger partial charge is 0.234 e. The zero-order valence-electron chi connectivity index (χ0n) is 14.4. The molecular formula is C18H20N4OS2. The molecule has 0 fully saturated rings. The highest BCUT2D eigenvalue weighted by Crippen LogP contribution is 2.27. The molecule has 0 atom stereocenters. The molecule has 0 saturated carbocycles. The Balaban J connectivity index is 1.69. The van der Waals surface area contributed by atoms with Gasteiger partial charge in [-0.15, -0.1) is 21.5 Å². The second-order valence-corrected chi connectivity index (χ2v) is 7.52. The van der Waals surface area contributed by atoms with Crippen molar-refractivity contribution in [2.45, 2.75) is 32.5 Å². The summed E-state index contributed by atoms with van der Waals surface area (Å²) in [5.41, 5.74) is 3.02. The third kappa shape index (κ3) is 3.93. The second kappa shape index (κ2) is 7.84. The van der Waals surface area contributed by atoms with Gasteiger partial charge in [-0.1, -0.05) is 36.0 Å². The number of anilines is 1. The summed E-state index contributed by atoms with van der Waals surface area (Å²) in [7, 11) is 0. The zero-order valence-corrected chi connectivity index (χ0v) is 16.1. The molecule has 0 spiro atoms. The molecule has 3 aromatic rings. The largest absolute Gasteiger partial charge is 0.325 e. The van der Waals surface area contributed by atoms with Crippen LogP contribution in [0.3, 0.4) is 0 Å². The fraction of sp³-hybridized carbons (Fsp3) is 0.278. The van der Waals surface area contributed by atoms with Crippen LogP contribution in [0.2, 0.25) is 0 Å². The number of amides is 1. The summed E-state index contributed by atoms with van der Waals surface area (Å²) < 4.78 is 2.04. The van der Waals surface area contributed by atoms with E-state index in [1.807, 2.05) is 54.1 Å². The fourth-order valence-corrected chi connectivity index (χ4v) is 4.11. The fourth-order valence-electron chi connectivity index (χ4n) is 2.59. The van der Waals surface area contributed by atoms with Gasteiger partial charge in [-0.25, -0.2) is 0 Å². The van der Waals surface area contributed by atoms with E-state index in [1.165, 1.54) is 11.8 Å². The molecular weight excluding hydrogens is 352 g/mol. The summed E-state index contributed by atoms with van der Waals surface area (Å²) in [5, 5.41) is 14.3. The molecule has 7 heteroatoms. The van der Waals surface area contributed by atoms with E-state index in [1.54, 1.807) is 11.3 Å². The van der Waals surface area contributed by atoms with E-state index in [0.29, 0.717) is 5.75 Å². The number of rotatable bonds is 6. The number of para-hydroxylation sites is 1. The summed E-state index contributed by atoms with van der Waals surface area (Å²) in [6, 6.07) is 10.0. The number of aryl methyl sites for hydroxylation is 2. The Kier molecular flexibility index (Phi) is 5.55. The van der Waals surface area contributed by atoms with Crippen molar-refractivity contribution in [3.05, 3.63) is 46.8 Å². The van der Waals surface area contributed by atoms with Gasteiger partial charge in [0, 0.05) is 12.2 Å². The van der Waals surface area contributed by atoms with E-state index in [0.717, 1.165) is 39.2 Å². The molecule has 0 bridgehead atoms. The molecule has 3 rings (SSSR count). The maximum Gasteiger partial charge on any atom is 0.234 e. The van der Waals surface area contributed by atoms with Crippen LogP contribution in [0, 0.1) is 13.8 Å². The predicted molar refractivity (Wildman–Crippen MR) is 104 cm³/mol. The van der Waals surface area contributed by atoms with Gasteiger partial charge in [0.2, 0.25) is 5.91 Å². The first-order valence-electron chi connectivity index (χ1n) is 8.06. The number of carbonyl (C=O) groups excluding carboxylic acids is 1. The van der Waals surface area contributed by atoms with Crippen molar-refractivity contribution in [2.24, 2.45) is 0 Å². The molecule has 1 amide bonds. The Bertz CT molecular complexity index is 851. The Morgan fingerprint density at radius 2 is 1.96 bits per heavy atom. The predicted octanol–water partition coefficient (Wildman–Crippen LogP) is 4.37. The summed E-state index contributed by atoms with van der Waals surface area (Å²) in [6.07, 6.45) is 0. The highest BCUT2D eigenvalue weighted by Gasteiger charge is 2.15. The van der Waals surface area contributed by atoms with Crippen LogP contribution in [-0.4, -0.2) is 26.4 Å². The lowest BCUT2D eigenvalue weighted by molar-refractivity contribution is -0.113. The molecule has 0 radical (unpaired) electrons. The quantitative estimate of drug-likeness (QED) is 0.653. The number of hydrogen-bond acceptors (Lipinski definition) is 5. The third-order valence-electron chi connectivity index (χ3n) is 3.85. The van der Waals surface area contributed by atoms with Gasteiger partial charge in [-0.2, -0.15) is 0 Å². The van der Waals surface area contributed by atoms with Crippen molar-refractivity contribution in [2.75, 3.05) is 11.1 Å². The first kappa shape index (κ1) is 17.7. The zero-order chi connectivity index (χ0) is 17.8. The van der Waals surface area contributed by atoms with Gasteiger partial charge >= 0.3 is 0 Å². The third-order valence-corrected chi connectivity index (χ3v) is 5.69. The van der Waals surface area contributed by atoms with E-state index in [2.05, 4.69) is 22.4 Å². The average Bonchev–Trinajstić information content (AvgIpc) is 3.25. The second-order valence-electron chi connectivity index (χ2n) is 5.63. The van der Waals surface area contributed by atoms with Gasteiger partial charge in [0.05, 0.1) is 10.6 Å². The monoisotopic (exact) mass is 372 g/mol. The average molecular weight is 373 g/mol. The van der Waals surface area contributed by atoms with Crippen molar-refractivity contribution < 1.29 is 4.79 Å². The molecule has 0 aliphatic carbocycles. The van der Waals surface area contributed by atoms with Crippen molar-refractivity contribution in [3.8, 4) is 10.7 Å². The molecule has 5 nitrogen and oxygen atoms in total. The van der Waals surface area contributed by atoms with E-state index < -0.39 is 0 Å².